The van der Waals surface area contributed by atoms with Gasteiger partial charge in [0.05, 0.1) is 0 Å². The summed E-state index contributed by atoms with van der Waals surface area (Å²) in [6.07, 6.45) is 4.74. The summed E-state index contributed by atoms with van der Waals surface area (Å²) in [5, 5.41) is 0. The fraction of sp³-hybridized carbons (Fsp3) is 0.917. The fourth-order valence-corrected chi connectivity index (χ4v) is 2.87. The largest absolute Gasteiger partial charge is 0.337 e. The number of rotatable bonds is 1. The molecule has 1 heterocycles. The van der Waals surface area contributed by atoms with E-state index < -0.39 is 0 Å². The third-order valence-electron chi connectivity index (χ3n) is 3.82. The van der Waals surface area contributed by atoms with Crippen molar-refractivity contribution in [3.63, 3.8) is 0 Å². The van der Waals surface area contributed by atoms with Gasteiger partial charge in [0.2, 0.25) is 5.91 Å². The number of piperazine rings is 1. The Bertz CT molecular complexity index is 236. The average Bonchev–Trinajstić information content (AvgIpc) is 2.69. The monoisotopic (exact) mass is 210 g/mol. The Morgan fingerprint density at radius 3 is 2.47 bits per heavy atom. The lowest BCUT2D eigenvalue weighted by Crippen LogP contribution is -2.54. The number of carbonyl (C=O) groups is 1. The molecule has 1 saturated carbocycles. The molecule has 1 atom stereocenters. The van der Waals surface area contributed by atoms with Gasteiger partial charge >= 0.3 is 0 Å². The first-order chi connectivity index (χ1) is 7.18. The maximum atomic E-state index is 12.2. The van der Waals surface area contributed by atoms with Crippen LogP contribution in [0.2, 0.25) is 0 Å². The zero-order chi connectivity index (χ0) is 10.8. The van der Waals surface area contributed by atoms with Gasteiger partial charge in [0, 0.05) is 31.6 Å². The van der Waals surface area contributed by atoms with E-state index in [-0.39, 0.29) is 0 Å². The van der Waals surface area contributed by atoms with Crippen LogP contribution in [-0.2, 0) is 4.79 Å². The van der Waals surface area contributed by atoms with Gasteiger partial charge in [-0.2, -0.15) is 0 Å². The molecule has 2 aliphatic rings. The van der Waals surface area contributed by atoms with Gasteiger partial charge in [0.25, 0.3) is 0 Å². The summed E-state index contributed by atoms with van der Waals surface area (Å²) >= 11 is 0. The summed E-state index contributed by atoms with van der Waals surface area (Å²) in [5.41, 5.74) is 0. The van der Waals surface area contributed by atoms with Gasteiger partial charge in [0.1, 0.15) is 0 Å². The normalized spacial score (nSPS) is 29.7. The molecule has 86 valence electrons. The predicted molar refractivity (Wildman–Crippen MR) is 60.6 cm³/mol. The Balaban J connectivity index is 1.94. The van der Waals surface area contributed by atoms with Crippen LogP contribution in [0.25, 0.3) is 0 Å². The highest BCUT2D eigenvalue weighted by Gasteiger charge is 2.31. The van der Waals surface area contributed by atoms with Crippen LogP contribution >= 0.6 is 0 Å². The quantitative estimate of drug-likeness (QED) is 0.652. The van der Waals surface area contributed by atoms with E-state index in [2.05, 4.69) is 23.8 Å². The van der Waals surface area contributed by atoms with E-state index in [4.69, 9.17) is 0 Å². The molecule has 1 unspecified atom stereocenters. The van der Waals surface area contributed by atoms with Gasteiger partial charge in [0.15, 0.2) is 0 Å². The molecule has 3 heteroatoms. The van der Waals surface area contributed by atoms with Crippen molar-refractivity contribution in [2.24, 2.45) is 5.92 Å². The molecule has 2 rings (SSSR count). The van der Waals surface area contributed by atoms with E-state index in [1.807, 2.05) is 0 Å². The third kappa shape index (κ3) is 2.33. The maximum absolute atomic E-state index is 12.2. The lowest BCUT2D eigenvalue weighted by atomic mass is 10.0. The predicted octanol–water partition coefficient (Wildman–Crippen LogP) is 1.34. The second-order valence-corrected chi connectivity index (χ2v) is 5.12. The maximum Gasteiger partial charge on any atom is 0.226 e. The van der Waals surface area contributed by atoms with E-state index in [9.17, 15) is 4.79 Å². The summed E-state index contributed by atoms with van der Waals surface area (Å²) in [7, 11) is 2.13. The topological polar surface area (TPSA) is 23.6 Å². The molecule has 1 saturated heterocycles. The number of amides is 1. The van der Waals surface area contributed by atoms with Gasteiger partial charge in [-0.1, -0.05) is 12.8 Å². The second-order valence-electron chi connectivity index (χ2n) is 5.12. The van der Waals surface area contributed by atoms with Crippen LogP contribution < -0.4 is 0 Å². The van der Waals surface area contributed by atoms with Crippen molar-refractivity contribution in [3.05, 3.63) is 0 Å². The van der Waals surface area contributed by atoms with Crippen molar-refractivity contribution in [1.82, 2.24) is 9.80 Å². The van der Waals surface area contributed by atoms with Gasteiger partial charge in [-0.05, 0) is 26.8 Å². The number of carbonyl (C=O) groups excluding carboxylic acids is 1. The smallest absolute Gasteiger partial charge is 0.226 e. The molecule has 2 fully saturated rings. The molecule has 0 aromatic carbocycles. The molecule has 1 aliphatic heterocycles. The molecule has 0 N–H and O–H groups in total. The van der Waals surface area contributed by atoms with Crippen molar-refractivity contribution in [2.45, 2.75) is 38.6 Å². The minimum atomic E-state index is 0.343. The highest BCUT2D eigenvalue weighted by atomic mass is 16.2. The number of hydrogen-bond acceptors (Lipinski definition) is 2. The van der Waals surface area contributed by atoms with E-state index in [0.717, 1.165) is 32.5 Å². The molecule has 1 aliphatic carbocycles. The summed E-state index contributed by atoms with van der Waals surface area (Å²) < 4.78 is 0. The molecule has 0 spiro atoms. The van der Waals surface area contributed by atoms with Gasteiger partial charge in [-0.3, -0.25) is 4.79 Å². The Kier molecular flexibility index (Phi) is 3.29. The van der Waals surface area contributed by atoms with Crippen LogP contribution in [0.5, 0.6) is 0 Å². The van der Waals surface area contributed by atoms with Crippen LogP contribution in [0.15, 0.2) is 0 Å². The first-order valence-corrected chi connectivity index (χ1v) is 6.17. The van der Waals surface area contributed by atoms with E-state index in [1.54, 1.807) is 0 Å². The summed E-state index contributed by atoms with van der Waals surface area (Å²) in [5.74, 6) is 0.768. The van der Waals surface area contributed by atoms with E-state index in [1.165, 1.54) is 12.8 Å². The lowest BCUT2D eigenvalue weighted by Gasteiger charge is -2.39. The Morgan fingerprint density at radius 1 is 1.20 bits per heavy atom. The van der Waals surface area contributed by atoms with Crippen LogP contribution in [0.3, 0.4) is 0 Å². The average molecular weight is 210 g/mol. The highest BCUT2D eigenvalue weighted by Crippen LogP contribution is 2.27. The van der Waals surface area contributed by atoms with Crippen LogP contribution in [0, 0.1) is 5.92 Å². The first kappa shape index (κ1) is 10.9. The van der Waals surface area contributed by atoms with Crippen molar-refractivity contribution < 1.29 is 4.79 Å². The van der Waals surface area contributed by atoms with E-state index in [0.29, 0.717) is 17.9 Å². The van der Waals surface area contributed by atoms with Crippen LogP contribution in [0.4, 0.5) is 0 Å². The Labute approximate surface area is 92.4 Å². The zero-order valence-electron chi connectivity index (χ0n) is 9.91. The minimum Gasteiger partial charge on any atom is -0.337 e. The van der Waals surface area contributed by atoms with Crippen molar-refractivity contribution >= 4 is 5.91 Å². The first-order valence-electron chi connectivity index (χ1n) is 6.17. The van der Waals surface area contributed by atoms with Crippen LogP contribution in [0.1, 0.15) is 32.6 Å². The van der Waals surface area contributed by atoms with Gasteiger partial charge in [-0.15, -0.1) is 0 Å². The molecule has 1 amide bonds. The van der Waals surface area contributed by atoms with E-state index >= 15 is 0 Å². The molecular weight excluding hydrogens is 188 g/mol. The van der Waals surface area contributed by atoms with Crippen molar-refractivity contribution in [1.29, 1.82) is 0 Å². The molecule has 0 aromatic rings. The highest BCUT2D eigenvalue weighted by molar-refractivity contribution is 5.79. The number of nitrogens with zero attached hydrogens (tertiary/aromatic N) is 2. The molecule has 15 heavy (non-hydrogen) atoms. The molecule has 3 nitrogen and oxygen atoms in total. The van der Waals surface area contributed by atoms with Gasteiger partial charge < -0.3 is 9.80 Å². The Morgan fingerprint density at radius 2 is 1.87 bits per heavy atom. The SMILES string of the molecule is CC1CN(C)CCN1C(=O)C1CCCC1. The zero-order valence-corrected chi connectivity index (χ0v) is 9.91. The van der Waals surface area contributed by atoms with Crippen molar-refractivity contribution in [3.8, 4) is 0 Å². The molecule has 0 radical (unpaired) electrons. The van der Waals surface area contributed by atoms with Crippen LogP contribution in [-0.4, -0.2) is 48.4 Å². The summed E-state index contributed by atoms with van der Waals surface area (Å²) in [6, 6.07) is 0.400. The number of likely N-dealkylation sites (N-methyl/N-ethyl adjacent to an activating group) is 1. The molecular formula is C12H22N2O. The lowest BCUT2D eigenvalue weighted by molar-refractivity contribution is -0.139. The molecule has 0 aromatic heterocycles. The summed E-state index contributed by atoms with van der Waals surface area (Å²) in [4.78, 5) is 16.6. The minimum absolute atomic E-state index is 0.343. The van der Waals surface area contributed by atoms with Gasteiger partial charge in [-0.25, -0.2) is 0 Å². The second kappa shape index (κ2) is 4.52. The molecule has 0 bridgehead atoms. The third-order valence-corrected chi connectivity index (χ3v) is 3.82. The standard InChI is InChI=1S/C12H22N2O/c1-10-9-13(2)7-8-14(10)12(15)11-5-3-4-6-11/h10-11H,3-9H2,1-2H3. The summed E-state index contributed by atoms with van der Waals surface area (Å²) in [6.45, 7) is 5.15. The fourth-order valence-electron chi connectivity index (χ4n) is 2.87. The Hall–Kier alpha value is -0.570. The van der Waals surface area contributed by atoms with Crippen molar-refractivity contribution in [2.75, 3.05) is 26.7 Å². The number of hydrogen-bond donors (Lipinski definition) is 0.